The van der Waals surface area contributed by atoms with Crippen LogP contribution in [-0.2, 0) is 14.3 Å². The molecule has 9 heteroatoms. The Balaban J connectivity index is 2.07. The number of nitrogens with one attached hydrogen (secondary N) is 2. The van der Waals surface area contributed by atoms with Crippen LogP contribution in [0.25, 0.3) is 6.08 Å². The van der Waals surface area contributed by atoms with Crippen LogP contribution in [0.5, 0.6) is 0 Å². The largest absolute Gasteiger partial charge is 0.462 e. The van der Waals surface area contributed by atoms with E-state index in [0.717, 1.165) is 0 Å². The maximum absolute atomic E-state index is 12.4. The number of carbonyl (C=O) groups excluding carboxylic acids is 3. The highest BCUT2D eigenvalue weighted by Crippen LogP contribution is 2.23. The van der Waals surface area contributed by atoms with E-state index in [1.807, 2.05) is 0 Å². The smallest absolute Gasteiger partial charge is 0.341 e. The van der Waals surface area contributed by atoms with Crippen molar-refractivity contribution >= 4 is 29.6 Å². The van der Waals surface area contributed by atoms with Crippen LogP contribution < -0.4 is 5.43 Å². The molecule has 28 heavy (non-hydrogen) atoms. The highest BCUT2D eigenvalue weighted by atomic mass is 16.5. The van der Waals surface area contributed by atoms with Gasteiger partial charge in [-0.05, 0) is 32.1 Å². The minimum absolute atomic E-state index is 0.00182. The van der Waals surface area contributed by atoms with Crippen molar-refractivity contribution in [1.82, 2.24) is 15.4 Å². The van der Waals surface area contributed by atoms with Gasteiger partial charge < -0.3 is 14.5 Å². The van der Waals surface area contributed by atoms with E-state index >= 15 is 0 Å². The molecule has 3 rings (SSSR count). The Morgan fingerprint density at radius 1 is 1.18 bits per heavy atom. The van der Waals surface area contributed by atoms with Gasteiger partial charge in [0.05, 0.1) is 35.6 Å². The van der Waals surface area contributed by atoms with Crippen LogP contribution in [0.2, 0.25) is 0 Å². The maximum Gasteiger partial charge on any atom is 0.341 e. The molecule has 0 radical (unpaired) electrons. The van der Waals surface area contributed by atoms with Crippen molar-refractivity contribution in [2.75, 3.05) is 13.2 Å². The first-order chi connectivity index (χ1) is 13.6. The first-order valence-corrected chi connectivity index (χ1v) is 8.62. The lowest BCUT2D eigenvalue weighted by molar-refractivity contribution is -0.116. The number of esters is 2. The lowest BCUT2D eigenvalue weighted by Gasteiger charge is -2.06. The molecule has 0 aliphatic carbocycles. The summed E-state index contributed by atoms with van der Waals surface area (Å²) in [5.74, 6) is -1.80. The van der Waals surface area contributed by atoms with Crippen molar-refractivity contribution in [3.8, 4) is 0 Å². The van der Waals surface area contributed by atoms with Crippen molar-refractivity contribution < 1.29 is 23.9 Å². The van der Waals surface area contributed by atoms with E-state index in [-0.39, 0.29) is 35.6 Å². The maximum atomic E-state index is 12.4. The van der Waals surface area contributed by atoms with Crippen LogP contribution in [0.3, 0.4) is 0 Å². The Labute approximate surface area is 160 Å². The number of hydrazone groups is 1. The van der Waals surface area contributed by atoms with E-state index in [2.05, 4.69) is 20.5 Å². The number of amides is 1. The summed E-state index contributed by atoms with van der Waals surface area (Å²) in [4.78, 5) is 43.8. The molecule has 9 nitrogen and oxygen atoms in total. The Hall–Kier alpha value is -3.75. The number of rotatable bonds is 6. The molecule has 3 heterocycles. The molecule has 0 saturated carbocycles. The van der Waals surface area contributed by atoms with E-state index < -0.39 is 17.8 Å². The van der Waals surface area contributed by atoms with Gasteiger partial charge >= 0.3 is 11.9 Å². The number of nitrogens with zero attached hydrogens (tertiary/aromatic N) is 2. The predicted molar refractivity (Wildman–Crippen MR) is 99.6 cm³/mol. The number of ether oxygens (including phenoxy) is 2. The van der Waals surface area contributed by atoms with Gasteiger partial charge in [0, 0.05) is 24.2 Å². The number of H-pyrrole nitrogens is 1. The Kier molecular flexibility index (Phi) is 5.64. The van der Waals surface area contributed by atoms with Gasteiger partial charge in [-0.25, -0.2) is 15.0 Å². The van der Waals surface area contributed by atoms with Crippen molar-refractivity contribution in [3.63, 3.8) is 0 Å². The van der Waals surface area contributed by atoms with E-state index in [0.29, 0.717) is 11.3 Å². The predicted octanol–water partition coefficient (Wildman–Crippen LogP) is 1.68. The van der Waals surface area contributed by atoms with E-state index in [1.165, 1.54) is 12.3 Å². The molecular formula is C19H18N4O5. The summed E-state index contributed by atoms with van der Waals surface area (Å²) < 4.78 is 10.1. The van der Waals surface area contributed by atoms with E-state index in [4.69, 9.17) is 9.47 Å². The molecule has 1 aliphatic heterocycles. The van der Waals surface area contributed by atoms with E-state index in [9.17, 15) is 14.4 Å². The number of aromatic nitrogens is 2. The van der Waals surface area contributed by atoms with Crippen molar-refractivity contribution in [2.24, 2.45) is 5.10 Å². The van der Waals surface area contributed by atoms with Crippen molar-refractivity contribution in [2.45, 2.75) is 13.8 Å². The minimum Gasteiger partial charge on any atom is -0.462 e. The summed E-state index contributed by atoms with van der Waals surface area (Å²) >= 11 is 0. The first kappa shape index (κ1) is 19.0. The topological polar surface area (TPSA) is 123 Å². The molecule has 2 aromatic heterocycles. The standard InChI is InChI=1S/C19H18N4O5/c1-3-27-18(25)13-10-21-14(15(13)19(26)28-4-2)8-12-16(22-23-17(12)24)11-6-5-7-20-9-11/h5-10,21H,3-4H2,1-2H3,(H,23,24). The summed E-state index contributed by atoms with van der Waals surface area (Å²) in [7, 11) is 0. The average molecular weight is 382 g/mol. The fraction of sp³-hybridized carbons (Fsp3) is 0.211. The second-order valence-corrected chi connectivity index (χ2v) is 5.63. The monoisotopic (exact) mass is 382 g/mol. The van der Waals surface area contributed by atoms with Gasteiger partial charge in [0.1, 0.15) is 5.71 Å². The zero-order chi connectivity index (χ0) is 20.1. The minimum atomic E-state index is -0.697. The van der Waals surface area contributed by atoms with Crippen LogP contribution in [0, 0.1) is 0 Å². The Morgan fingerprint density at radius 2 is 1.93 bits per heavy atom. The van der Waals surface area contributed by atoms with Crippen LogP contribution in [0.1, 0.15) is 45.8 Å². The summed E-state index contributed by atoms with van der Waals surface area (Å²) in [5.41, 5.74) is 3.89. The third-order valence-electron chi connectivity index (χ3n) is 3.88. The number of hydrogen-bond donors (Lipinski definition) is 2. The number of hydrogen-bond acceptors (Lipinski definition) is 7. The fourth-order valence-corrected chi connectivity index (χ4v) is 2.68. The molecule has 1 amide bonds. The summed E-state index contributed by atoms with van der Waals surface area (Å²) in [6.45, 7) is 3.61. The van der Waals surface area contributed by atoms with Crippen molar-refractivity contribution in [3.05, 3.63) is 58.7 Å². The average Bonchev–Trinajstić information content (AvgIpc) is 3.27. The van der Waals surface area contributed by atoms with Gasteiger partial charge in [-0.15, -0.1) is 0 Å². The molecule has 0 unspecified atom stereocenters. The van der Waals surface area contributed by atoms with Crippen LogP contribution in [0.15, 0.2) is 41.4 Å². The van der Waals surface area contributed by atoms with Crippen LogP contribution >= 0.6 is 0 Å². The molecular weight excluding hydrogens is 364 g/mol. The SMILES string of the molecule is CCOC(=O)c1c[nH]c(C=C2C(=O)NN=C2c2cccnc2)c1C(=O)OCC. The molecule has 2 aromatic rings. The molecule has 1 aliphatic rings. The number of carbonyl (C=O) groups is 3. The second-order valence-electron chi connectivity index (χ2n) is 5.63. The lowest BCUT2D eigenvalue weighted by Crippen LogP contribution is -2.15. The van der Waals surface area contributed by atoms with Gasteiger partial charge in [-0.1, -0.05) is 0 Å². The highest BCUT2D eigenvalue weighted by Gasteiger charge is 2.28. The zero-order valence-corrected chi connectivity index (χ0v) is 15.3. The summed E-state index contributed by atoms with van der Waals surface area (Å²) in [6, 6.07) is 3.47. The lowest BCUT2D eigenvalue weighted by atomic mass is 10.0. The zero-order valence-electron chi connectivity index (χ0n) is 15.3. The van der Waals surface area contributed by atoms with E-state index in [1.54, 1.807) is 38.4 Å². The Bertz CT molecular complexity index is 975. The third-order valence-corrected chi connectivity index (χ3v) is 3.88. The van der Waals surface area contributed by atoms with Gasteiger partial charge in [0.2, 0.25) is 0 Å². The molecule has 144 valence electrons. The molecule has 0 spiro atoms. The highest BCUT2D eigenvalue weighted by molar-refractivity contribution is 6.33. The third kappa shape index (κ3) is 3.68. The van der Waals surface area contributed by atoms with Gasteiger partial charge in [0.15, 0.2) is 0 Å². The molecule has 0 aromatic carbocycles. The van der Waals surface area contributed by atoms with Gasteiger partial charge in [-0.2, -0.15) is 5.10 Å². The molecule has 0 bridgehead atoms. The fourth-order valence-electron chi connectivity index (χ4n) is 2.68. The molecule has 0 saturated heterocycles. The van der Waals surface area contributed by atoms with Crippen LogP contribution in [-0.4, -0.2) is 46.7 Å². The number of aromatic amines is 1. The quantitative estimate of drug-likeness (QED) is 0.579. The molecule has 0 fully saturated rings. The normalized spacial score (nSPS) is 14.6. The summed E-state index contributed by atoms with van der Waals surface area (Å²) in [5, 5.41) is 4.03. The first-order valence-electron chi connectivity index (χ1n) is 8.62. The number of pyridine rings is 1. The van der Waals surface area contributed by atoms with Gasteiger partial charge in [0.25, 0.3) is 5.91 Å². The molecule has 2 N–H and O–H groups in total. The molecule has 0 atom stereocenters. The van der Waals surface area contributed by atoms with Gasteiger partial charge in [-0.3, -0.25) is 9.78 Å². The second kappa shape index (κ2) is 8.30. The van der Waals surface area contributed by atoms with Crippen LogP contribution in [0.4, 0.5) is 0 Å². The summed E-state index contributed by atoms with van der Waals surface area (Å²) in [6.07, 6.45) is 5.97. The van der Waals surface area contributed by atoms with Crippen molar-refractivity contribution in [1.29, 1.82) is 0 Å². The Morgan fingerprint density at radius 3 is 2.61 bits per heavy atom.